The molecule has 1 aliphatic carbocycles. The Labute approximate surface area is 145 Å². The highest BCUT2D eigenvalue weighted by molar-refractivity contribution is 5.76. The molecule has 1 amide bonds. The van der Waals surface area contributed by atoms with Gasteiger partial charge in [-0.3, -0.25) is 14.6 Å². The van der Waals surface area contributed by atoms with E-state index in [-0.39, 0.29) is 11.5 Å². The van der Waals surface area contributed by atoms with Gasteiger partial charge in [0.1, 0.15) is 5.69 Å². The van der Waals surface area contributed by atoms with E-state index in [0.29, 0.717) is 54.6 Å². The highest BCUT2D eigenvalue weighted by atomic mass is 16.2. The maximum absolute atomic E-state index is 12.6. The Morgan fingerprint density at radius 3 is 2.88 bits per heavy atom. The summed E-state index contributed by atoms with van der Waals surface area (Å²) in [5.74, 6) is 1.11. The number of hydrogen-bond acceptors (Lipinski definition) is 5. The van der Waals surface area contributed by atoms with Crippen molar-refractivity contribution in [3.63, 3.8) is 0 Å². The van der Waals surface area contributed by atoms with Crippen LogP contribution in [0.15, 0.2) is 23.4 Å². The number of nitrogens with one attached hydrogen (secondary N) is 1. The molecule has 0 spiro atoms. The van der Waals surface area contributed by atoms with Crippen LogP contribution < -0.4 is 5.56 Å². The molecule has 1 aliphatic heterocycles. The predicted molar refractivity (Wildman–Crippen MR) is 91.6 cm³/mol. The molecule has 1 N–H and O–H groups in total. The minimum absolute atomic E-state index is 0.145. The van der Waals surface area contributed by atoms with Gasteiger partial charge in [-0.05, 0) is 25.2 Å². The first-order valence-corrected chi connectivity index (χ1v) is 8.87. The molecule has 1 saturated carbocycles. The van der Waals surface area contributed by atoms with Crippen molar-refractivity contribution >= 4 is 5.91 Å². The van der Waals surface area contributed by atoms with E-state index in [1.54, 1.807) is 18.6 Å². The standard InChI is InChI=1S/C18H21N5O2/c24-16(9-12-3-1-2-4-12)23-8-5-13-15(11-23)21-17(22-18(13)25)14-10-19-6-7-20-14/h6-7,10,12H,1-5,8-9,11H2,(H,21,22,25). The van der Waals surface area contributed by atoms with Crippen molar-refractivity contribution in [1.29, 1.82) is 0 Å². The SMILES string of the molecule is O=C(CC1CCCC1)N1CCc2c(nc(-c3cnccn3)[nH]c2=O)C1. The number of aromatic amines is 1. The van der Waals surface area contributed by atoms with Crippen molar-refractivity contribution in [3.8, 4) is 11.5 Å². The summed E-state index contributed by atoms with van der Waals surface area (Å²) < 4.78 is 0. The molecule has 0 radical (unpaired) electrons. The van der Waals surface area contributed by atoms with Crippen LogP contribution in [0, 0.1) is 5.92 Å². The van der Waals surface area contributed by atoms with Gasteiger partial charge in [-0.25, -0.2) is 9.97 Å². The highest BCUT2D eigenvalue weighted by Gasteiger charge is 2.27. The Balaban J connectivity index is 1.56. The number of amides is 1. The molecule has 0 bridgehead atoms. The van der Waals surface area contributed by atoms with Crippen molar-refractivity contribution in [2.75, 3.05) is 6.54 Å². The van der Waals surface area contributed by atoms with Gasteiger partial charge >= 0.3 is 0 Å². The maximum Gasteiger partial charge on any atom is 0.254 e. The van der Waals surface area contributed by atoms with Crippen LogP contribution in [0.2, 0.25) is 0 Å². The quantitative estimate of drug-likeness (QED) is 0.919. The first kappa shape index (κ1) is 15.9. The van der Waals surface area contributed by atoms with E-state index in [1.165, 1.54) is 12.8 Å². The molecule has 0 unspecified atom stereocenters. The number of aromatic nitrogens is 4. The molecule has 2 aromatic heterocycles. The molecule has 7 heteroatoms. The third-order valence-corrected chi connectivity index (χ3v) is 5.17. The Bertz CT molecular complexity index is 827. The Hall–Kier alpha value is -2.57. The van der Waals surface area contributed by atoms with Crippen LogP contribution in [0.3, 0.4) is 0 Å². The Morgan fingerprint density at radius 1 is 1.28 bits per heavy atom. The molecule has 4 rings (SSSR count). The number of carbonyl (C=O) groups excluding carboxylic acids is 1. The summed E-state index contributed by atoms with van der Waals surface area (Å²) in [5, 5.41) is 0. The normalized spacial score (nSPS) is 17.5. The monoisotopic (exact) mass is 339 g/mol. The molecule has 0 atom stereocenters. The van der Waals surface area contributed by atoms with Crippen molar-refractivity contribution < 1.29 is 4.79 Å². The number of H-pyrrole nitrogens is 1. The number of rotatable bonds is 3. The summed E-state index contributed by atoms with van der Waals surface area (Å²) in [7, 11) is 0. The highest BCUT2D eigenvalue weighted by Crippen LogP contribution is 2.28. The zero-order chi connectivity index (χ0) is 17.2. The van der Waals surface area contributed by atoms with Gasteiger partial charge in [0.05, 0.1) is 18.4 Å². The zero-order valence-electron chi connectivity index (χ0n) is 14.1. The van der Waals surface area contributed by atoms with E-state index in [2.05, 4.69) is 19.9 Å². The Kier molecular flexibility index (Phi) is 4.29. The van der Waals surface area contributed by atoms with Gasteiger partial charge in [0.2, 0.25) is 5.91 Å². The first-order chi connectivity index (χ1) is 12.2. The number of nitrogens with zero attached hydrogens (tertiary/aromatic N) is 4. The van der Waals surface area contributed by atoms with E-state index in [9.17, 15) is 9.59 Å². The molecule has 0 aromatic carbocycles. The fraction of sp³-hybridized carbons (Fsp3) is 0.500. The summed E-state index contributed by atoms with van der Waals surface area (Å²) in [6, 6.07) is 0. The van der Waals surface area contributed by atoms with Crippen LogP contribution in [-0.2, 0) is 17.8 Å². The molecule has 25 heavy (non-hydrogen) atoms. The van der Waals surface area contributed by atoms with Gasteiger partial charge in [0.15, 0.2) is 5.82 Å². The third kappa shape index (κ3) is 3.31. The van der Waals surface area contributed by atoms with Gasteiger partial charge in [-0.1, -0.05) is 12.8 Å². The Morgan fingerprint density at radius 2 is 2.12 bits per heavy atom. The molecule has 2 aliphatic rings. The van der Waals surface area contributed by atoms with Crippen LogP contribution >= 0.6 is 0 Å². The minimum Gasteiger partial charge on any atom is -0.336 e. The van der Waals surface area contributed by atoms with E-state index in [4.69, 9.17) is 0 Å². The zero-order valence-corrected chi connectivity index (χ0v) is 14.1. The molecule has 0 saturated heterocycles. The van der Waals surface area contributed by atoms with Gasteiger partial charge in [0, 0.05) is 30.9 Å². The van der Waals surface area contributed by atoms with E-state index in [0.717, 1.165) is 12.8 Å². The van der Waals surface area contributed by atoms with Crippen molar-refractivity contribution in [2.24, 2.45) is 5.92 Å². The summed E-state index contributed by atoms with van der Waals surface area (Å²) in [5.41, 5.74) is 1.73. The van der Waals surface area contributed by atoms with Crippen LogP contribution in [0.25, 0.3) is 11.5 Å². The molecular weight excluding hydrogens is 318 g/mol. The van der Waals surface area contributed by atoms with Gasteiger partial charge in [-0.15, -0.1) is 0 Å². The summed E-state index contributed by atoms with van der Waals surface area (Å²) >= 11 is 0. The second-order valence-electron chi connectivity index (χ2n) is 6.85. The maximum atomic E-state index is 12.6. The fourth-order valence-electron chi connectivity index (χ4n) is 3.79. The first-order valence-electron chi connectivity index (χ1n) is 8.87. The van der Waals surface area contributed by atoms with E-state index in [1.807, 2.05) is 4.90 Å². The molecule has 1 fully saturated rings. The topological polar surface area (TPSA) is 91.8 Å². The predicted octanol–water partition coefficient (Wildman–Crippen LogP) is 1.69. The third-order valence-electron chi connectivity index (χ3n) is 5.17. The van der Waals surface area contributed by atoms with Crippen molar-refractivity contribution in [2.45, 2.75) is 45.1 Å². The van der Waals surface area contributed by atoms with Crippen LogP contribution in [-0.4, -0.2) is 37.3 Å². The lowest BCUT2D eigenvalue weighted by molar-refractivity contribution is -0.133. The van der Waals surface area contributed by atoms with Crippen LogP contribution in [0.1, 0.15) is 43.4 Å². The lowest BCUT2D eigenvalue weighted by Crippen LogP contribution is -2.39. The summed E-state index contributed by atoms with van der Waals surface area (Å²) in [6.07, 6.45) is 10.7. The molecule has 7 nitrogen and oxygen atoms in total. The smallest absolute Gasteiger partial charge is 0.254 e. The average molecular weight is 339 g/mol. The second-order valence-corrected chi connectivity index (χ2v) is 6.85. The lowest BCUT2D eigenvalue weighted by atomic mass is 10.0. The van der Waals surface area contributed by atoms with Crippen LogP contribution in [0.5, 0.6) is 0 Å². The van der Waals surface area contributed by atoms with Gasteiger partial charge in [0.25, 0.3) is 5.56 Å². The second kappa shape index (κ2) is 6.74. The molecular formula is C18H21N5O2. The van der Waals surface area contributed by atoms with Crippen molar-refractivity contribution in [1.82, 2.24) is 24.8 Å². The van der Waals surface area contributed by atoms with Crippen molar-refractivity contribution in [3.05, 3.63) is 40.2 Å². The number of fused-ring (bicyclic) bond motifs is 1. The van der Waals surface area contributed by atoms with Crippen LogP contribution in [0.4, 0.5) is 0 Å². The largest absolute Gasteiger partial charge is 0.336 e. The van der Waals surface area contributed by atoms with Gasteiger partial charge < -0.3 is 9.88 Å². The van der Waals surface area contributed by atoms with E-state index < -0.39 is 0 Å². The molecule has 3 heterocycles. The molecule has 130 valence electrons. The van der Waals surface area contributed by atoms with E-state index >= 15 is 0 Å². The van der Waals surface area contributed by atoms with Gasteiger partial charge in [-0.2, -0.15) is 0 Å². The lowest BCUT2D eigenvalue weighted by Gasteiger charge is -2.28. The molecule has 2 aromatic rings. The minimum atomic E-state index is -0.145. The number of carbonyl (C=O) groups is 1. The average Bonchev–Trinajstić information content (AvgIpc) is 3.15. The summed E-state index contributed by atoms with van der Waals surface area (Å²) in [4.78, 5) is 42.3. The number of hydrogen-bond donors (Lipinski definition) is 1. The summed E-state index contributed by atoms with van der Waals surface area (Å²) in [6.45, 7) is 0.992. The fourth-order valence-corrected chi connectivity index (χ4v) is 3.79.